The van der Waals surface area contributed by atoms with Crippen molar-refractivity contribution in [3.8, 4) is 17.0 Å². The van der Waals surface area contributed by atoms with Crippen LogP contribution < -0.4 is 20.3 Å². The summed E-state index contributed by atoms with van der Waals surface area (Å²) in [6.45, 7) is 11.7. The molecule has 1 amide bonds. The van der Waals surface area contributed by atoms with Gasteiger partial charge in [-0.1, -0.05) is 18.7 Å². The number of fused-ring (bicyclic) bond motifs is 1. The van der Waals surface area contributed by atoms with Crippen molar-refractivity contribution in [3.05, 3.63) is 61.6 Å². The van der Waals surface area contributed by atoms with Gasteiger partial charge in [0.15, 0.2) is 0 Å². The summed E-state index contributed by atoms with van der Waals surface area (Å²) in [6, 6.07) is 13.1. The number of benzene rings is 2. The number of nitrogens with one attached hydrogen (secondary N) is 2. The van der Waals surface area contributed by atoms with E-state index in [2.05, 4.69) is 53.0 Å². The van der Waals surface area contributed by atoms with E-state index < -0.39 is 0 Å². The molecule has 3 fully saturated rings. The van der Waals surface area contributed by atoms with Gasteiger partial charge in [0.2, 0.25) is 5.91 Å². The van der Waals surface area contributed by atoms with Crippen molar-refractivity contribution in [1.82, 2.24) is 29.5 Å². The molecule has 0 radical (unpaired) electrons. The predicted molar refractivity (Wildman–Crippen MR) is 180 cm³/mol. The number of nitrogens with zero attached hydrogens (tertiary/aromatic N) is 7. The Kier molecular flexibility index (Phi) is 8.57. The molecule has 3 aliphatic heterocycles. The molecule has 0 atom stereocenters. The van der Waals surface area contributed by atoms with Gasteiger partial charge in [-0.15, -0.1) is 0 Å². The molecule has 0 spiro atoms. The first-order valence-corrected chi connectivity index (χ1v) is 16.0. The number of carbonyl (C=O) groups is 1. The van der Waals surface area contributed by atoms with E-state index in [0.717, 1.165) is 93.2 Å². The number of methoxy groups -OCH3 is 1. The van der Waals surface area contributed by atoms with Crippen LogP contribution in [0, 0.1) is 0 Å². The van der Waals surface area contributed by atoms with E-state index in [1.54, 1.807) is 7.11 Å². The van der Waals surface area contributed by atoms with Crippen LogP contribution in [-0.4, -0.2) is 107 Å². The molecule has 240 valence electrons. The number of rotatable bonds is 9. The monoisotopic (exact) mass is 623 g/mol. The molecule has 5 heterocycles. The van der Waals surface area contributed by atoms with Gasteiger partial charge in [-0.2, -0.15) is 5.10 Å². The standard InChI is InChI=1S/C34H41N9O3/c1-4-34(44)39-28-16-29(38-33-17-27(35-22-36-33)23-5-6-24-19-37-40(2)30(24)15-23)32(45-3)18-31(28)43-9-7-25(8-10-43)41-11-13-42(14-12-41)26-20-46-21-26/h4-6,15-19,22,25-26H,1,7-14,20-21H2,2-3H3,(H,39,44)(H,35,36,38). The number of aromatic nitrogens is 4. The number of anilines is 4. The van der Waals surface area contributed by atoms with Crippen molar-refractivity contribution in [1.29, 1.82) is 0 Å². The highest BCUT2D eigenvalue weighted by Crippen LogP contribution is 2.40. The molecule has 46 heavy (non-hydrogen) atoms. The van der Waals surface area contributed by atoms with Crippen LogP contribution in [0.3, 0.4) is 0 Å². The summed E-state index contributed by atoms with van der Waals surface area (Å²) >= 11 is 0. The van der Waals surface area contributed by atoms with Gasteiger partial charge in [-0.25, -0.2) is 9.97 Å². The smallest absolute Gasteiger partial charge is 0.247 e. The van der Waals surface area contributed by atoms with E-state index in [-0.39, 0.29) is 5.91 Å². The summed E-state index contributed by atoms with van der Waals surface area (Å²) in [5.41, 5.74) is 5.06. The zero-order valence-corrected chi connectivity index (χ0v) is 26.5. The van der Waals surface area contributed by atoms with Gasteiger partial charge in [0.25, 0.3) is 0 Å². The third-order valence-electron chi connectivity index (χ3n) is 9.54. The first-order valence-electron chi connectivity index (χ1n) is 16.0. The molecule has 2 aromatic carbocycles. The summed E-state index contributed by atoms with van der Waals surface area (Å²) in [4.78, 5) is 29.1. The second kappa shape index (κ2) is 13.1. The SMILES string of the molecule is C=CC(=O)Nc1cc(Nc2cc(-c3ccc4cnn(C)c4c3)ncn2)c(OC)cc1N1CCC(N2CCN(C3COC3)CC2)CC1. The van der Waals surface area contributed by atoms with Crippen molar-refractivity contribution in [2.75, 3.05) is 75.1 Å². The lowest BCUT2D eigenvalue weighted by Gasteiger charge is -2.46. The van der Waals surface area contributed by atoms with Crippen LogP contribution in [0.25, 0.3) is 22.2 Å². The average Bonchev–Trinajstić information content (AvgIpc) is 3.44. The van der Waals surface area contributed by atoms with Gasteiger partial charge in [0, 0.05) is 75.4 Å². The Morgan fingerprint density at radius 2 is 1.74 bits per heavy atom. The molecule has 4 aromatic rings. The van der Waals surface area contributed by atoms with Crippen LogP contribution in [0.15, 0.2) is 61.6 Å². The number of piperidine rings is 1. The third kappa shape index (κ3) is 6.15. The minimum atomic E-state index is -0.267. The summed E-state index contributed by atoms with van der Waals surface area (Å²) in [5, 5.41) is 11.8. The second-order valence-corrected chi connectivity index (χ2v) is 12.2. The number of hydrogen-bond donors (Lipinski definition) is 2. The Balaban J connectivity index is 1.09. The zero-order chi connectivity index (χ0) is 31.6. The molecule has 0 bridgehead atoms. The zero-order valence-electron chi connectivity index (χ0n) is 26.5. The molecule has 2 N–H and O–H groups in total. The van der Waals surface area contributed by atoms with Crippen molar-refractivity contribution >= 4 is 39.7 Å². The van der Waals surface area contributed by atoms with Gasteiger partial charge in [-0.05, 0) is 31.1 Å². The van der Waals surface area contributed by atoms with E-state index in [0.29, 0.717) is 35.0 Å². The van der Waals surface area contributed by atoms with Crippen molar-refractivity contribution in [2.24, 2.45) is 7.05 Å². The van der Waals surface area contributed by atoms with Crippen LogP contribution in [-0.2, 0) is 16.6 Å². The molecule has 2 aromatic heterocycles. The third-order valence-corrected chi connectivity index (χ3v) is 9.54. The van der Waals surface area contributed by atoms with E-state index in [4.69, 9.17) is 9.47 Å². The highest BCUT2D eigenvalue weighted by molar-refractivity contribution is 6.02. The van der Waals surface area contributed by atoms with Crippen LogP contribution in [0.5, 0.6) is 5.75 Å². The Hall–Kier alpha value is -4.52. The maximum absolute atomic E-state index is 12.6. The van der Waals surface area contributed by atoms with Crippen LogP contribution in [0.1, 0.15) is 12.8 Å². The Bertz CT molecular complexity index is 1720. The molecule has 0 aliphatic carbocycles. The van der Waals surface area contributed by atoms with E-state index in [1.165, 1.54) is 12.4 Å². The Morgan fingerprint density at radius 1 is 0.978 bits per heavy atom. The molecule has 0 saturated carbocycles. The van der Waals surface area contributed by atoms with E-state index in [1.807, 2.05) is 48.3 Å². The maximum Gasteiger partial charge on any atom is 0.247 e. The topological polar surface area (TPSA) is 113 Å². The Morgan fingerprint density at radius 3 is 2.43 bits per heavy atom. The number of hydrogen-bond acceptors (Lipinski definition) is 10. The number of aryl methyl sites for hydroxylation is 1. The molecular weight excluding hydrogens is 582 g/mol. The number of carbonyl (C=O) groups excluding carboxylic acids is 1. The summed E-state index contributed by atoms with van der Waals surface area (Å²) < 4.78 is 13.1. The van der Waals surface area contributed by atoms with Crippen molar-refractivity contribution < 1.29 is 14.3 Å². The quantitative estimate of drug-likeness (QED) is 0.266. The summed E-state index contributed by atoms with van der Waals surface area (Å²) in [7, 11) is 3.58. The van der Waals surface area contributed by atoms with E-state index >= 15 is 0 Å². The number of piperazine rings is 1. The largest absolute Gasteiger partial charge is 0.494 e. The lowest BCUT2D eigenvalue weighted by atomic mass is 10.0. The first kappa shape index (κ1) is 30.2. The summed E-state index contributed by atoms with van der Waals surface area (Å²) in [6.07, 6.45) is 6.81. The predicted octanol–water partition coefficient (Wildman–Crippen LogP) is 3.89. The molecule has 12 nitrogen and oxygen atoms in total. The molecule has 0 unspecified atom stereocenters. The molecule has 3 saturated heterocycles. The molecular formula is C34H41N9O3. The van der Waals surface area contributed by atoms with Gasteiger partial charge < -0.3 is 25.0 Å². The molecule has 3 aliphatic rings. The fraction of sp³-hybridized carbons (Fsp3) is 0.412. The van der Waals surface area contributed by atoms with Gasteiger partial charge in [0.05, 0.1) is 60.8 Å². The van der Waals surface area contributed by atoms with E-state index in [9.17, 15) is 4.79 Å². The fourth-order valence-electron chi connectivity index (χ4n) is 6.78. The second-order valence-electron chi connectivity index (χ2n) is 12.2. The highest BCUT2D eigenvalue weighted by atomic mass is 16.5. The minimum absolute atomic E-state index is 0.267. The maximum atomic E-state index is 12.6. The lowest BCUT2D eigenvalue weighted by Crippen LogP contribution is -2.59. The van der Waals surface area contributed by atoms with Gasteiger partial charge >= 0.3 is 0 Å². The van der Waals surface area contributed by atoms with Gasteiger partial charge in [-0.3, -0.25) is 19.3 Å². The normalized spacial score (nSPS) is 18.3. The lowest BCUT2D eigenvalue weighted by molar-refractivity contribution is -0.111. The van der Waals surface area contributed by atoms with Crippen LogP contribution >= 0.6 is 0 Å². The van der Waals surface area contributed by atoms with Crippen LogP contribution in [0.2, 0.25) is 0 Å². The number of ether oxygens (including phenoxy) is 2. The van der Waals surface area contributed by atoms with Crippen molar-refractivity contribution in [3.63, 3.8) is 0 Å². The average molecular weight is 624 g/mol. The van der Waals surface area contributed by atoms with Gasteiger partial charge in [0.1, 0.15) is 17.9 Å². The number of amides is 1. The highest BCUT2D eigenvalue weighted by Gasteiger charge is 2.33. The summed E-state index contributed by atoms with van der Waals surface area (Å²) in [5.74, 6) is 0.992. The van der Waals surface area contributed by atoms with Crippen LogP contribution in [0.4, 0.5) is 22.9 Å². The molecule has 7 rings (SSSR count). The minimum Gasteiger partial charge on any atom is -0.494 e. The fourth-order valence-corrected chi connectivity index (χ4v) is 6.78. The van der Waals surface area contributed by atoms with Crippen molar-refractivity contribution in [2.45, 2.75) is 24.9 Å². The Labute approximate surface area is 269 Å². The molecule has 12 heteroatoms. The first-order chi connectivity index (χ1) is 22.5.